The first kappa shape index (κ1) is 16.1. The number of rotatable bonds is 5. The highest BCUT2D eigenvalue weighted by atomic mass is 32.2. The molecule has 2 rings (SSSR count). The molecule has 1 fully saturated rings. The van der Waals surface area contributed by atoms with Crippen molar-refractivity contribution in [1.82, 2.24) is 15.3 Å². The zero-order chi connectivity index (χ0) is 15.3. The van der Waals surface area contributed by atoms with Crippen LogP contribution in [0.25, 0.3) is 0 Å². The monoisotopic (exact) mass is 309 g/mol. The van der Waals surface area contributed by atoms with E-state index in [4.69, 9.17) is 4.74 Å². The molecular formula is C15H23N3O2S. The Bertz CT molecular complexity index is 470. The highest BCUT2D eigenvalue weighted by Crippen LogP contribution is 2.43. The summed E-state index contributed by atoms with van der Waals surface area (Å²) >= 11 is 1.65. The average molecular weight is 309 g/mol. The van der Waals surface area contributed by atoms with Crippen LogP contribution >= 0.6 is 11.8 Å². The molecule has 1 amide bonds. The van der Waals surface area contributed by atoms with Crippen molar-refractivity contribution in [3.05, 3.63) is 18.5 Å². The smallest absolute Gasteiger partial charge is 0.407 e. The van der Waals surface area contributed by atoms with Crippen molar-refractivity contribution < 1.29 is 9.53 Å². The summed E-state index contributed by atoms with van der Waals surface area (Å²) in [6, 6.07) is 1.81. The Morgan fingerprint density at radius 3 is 2.57 bits per heavy atom. The number of aromatic nitrogens is 2. The summed E-state index contributed by atoms with van der Waals surface area (Å²) in [5.74, 6) is 0.923. The third-order valence-electron chi connectivity index (χ3n) is 3.47. The number of amides is 1. The third kappa shape index (κ3) is 5.19. The maximum absolute atomic E-state index is 11.8. The summed E-state index contributed by atoms with van der Waals surface area (Å²) in [4.78, 5) is 20.2. The van der Waals surface area contributed by atoms with E-state index in [9.17, 15) is 4.79 Å². The van der Waals surface area contributed by atoms with Crippen molar-refractivity contribution in [2.45, 2.75) is 50.8 Å². The normalized spacial score (nSPS) is 16.9. The molecule has 1 heterocycles. The first-order valence-electron chi connectivity index (χ1n) is 7.25. The first-order valence-corrected chi connectivity index (χ1v) is 8.24. The maximum atomic E-state index is 11.8. The fourth-order valence-corrected chi connectivity index (χ4v) is 3.30. The van der Waals surface area contributed by atoms with Crippen molar-refractivity contribution >= 4 is 17.9 Å². The second-order valence-corrected chi connectivity index (χ2v) is 7.47. The van der Waals surface area contributed by atoms with Gasteiger partial charge >= 0.3 is 6.09 Å². The highest BCUT2D eigenvalue weighted by molar-refractivity contribution is 7.99. The van der Waals surface area contributed by atoms with Crippen LogP contribution in [0.3, 0.4) is 0 Å². The first-order chi connectivity index (χ1) is 9.89. The quantitative estimate of drug-likeness (QED) is 0.668. The highest BCUT2D eigenvalue weighted by Gasteiger charge is 2.37. The molecule has 0 aromatic carbocycles. The van der Waals surface area contributed by atoms with Crippen LogP contribution in [-0.4, -0.2) is 34.0 Å². The molecular weight excluding hydrogens is 286 g/mol. The Hall–Kier alpha value is -1.30. The summed E-state index contributed by atoms with van der Waals surface area (Å²) in [6.07, 6.45) is 6.63. The molecule has 0 bridgehead atoms. The van der Waals surface area contributed by atoms with Gasteiger partial charge in [0.2, 0.25) is 0 Å². The lowest BCUT2D eigenvalue weighted by atomic mass is 9.70. The molecule has 0 saturated heterocycles. The second kappa shape index (κ2) is 6.64. The Labute approximate surface area is 130 Å². The van der Waals surface area contributed by atoms with Gasteiger partial charge in [-0.15, -0.1) is 0 Å². The Kier molecular flexibility index (Phi) is 5.08. The van der Waals surface area contributed by atoms with Gasteiger partial charge in [0, 0.05) is 24.7 Å². The number of alkyl carbamates (subject to hydrolysis) is 1. The van der Waals surface area contributed by atoms with Crippen molar-refractivity contribution in [3.8, 4) is 0 Å². The zero-order valence-corrected chi connectivity index (χ0v) is 13.7. The standard InChI is InChI=1S/C15H23N3O2S/c1-14(2,3)20-13(19)18-10-15(6-4-7-15)11-21-12-16-8-5-9-17-12/h5,8-9H,4,6-7,10-11H2,1-3H3,(H,18,19). The predicted molar refractivity (Wildman–Crippen MR) is 83.3 cm³/mol. The van der Waals surface area contributed by atoms with Crippen LogP contribution in [-0.2, 0) is 4.74 Å². The van der Waals surface area contributed by atoms with Gasteiger partial charge in [-0.3, -0.25) is 0 Å². The van der Waals surface area contributed by atoms with Gasteiger partial charge in [0.05, 0.1) is 0 Å². The fraction of sp³-hybridized carbons (Fsp3) is 0.667. The van der Waals surface area contributed by atoms with Gasteiger partial charge in [0.15, 0.2) is 5.16 Å². The van der Waals surface area contributed by atoms with Crippen molar-refractivity contribution in [2.75, 3.05) is 12.3 Å². The number of carbonyl (C=O) groups is 1. The molecule has 1 saturated carbocycles. The van der Waals surface area contributed by atoms with Gasteiger partial charge in [-0.2, -0.15) is 0 Å². The number of hydrogen-bond donors (Lipinski definition) is 1. The largest absolute Gasteiger partial charge is 0.444 e. The van der Waals surface area contributed by atoms with Crippen LogP contribution in [0.4, 0.5) is 4.79 Å². The van der Waals surface area contributed by atoms with E-state index in [1.54, 1.807) is 24.2 Å². The molecule has 0 radical (unpaired) electrons. The number of ether oxygens (including phenoxy) is 1. The molecule has 21 heavy (non-hydrogen) atoms. The molecule has 1 N–H and O–H groups in total. The molecule has 6 heteroatoms. The summed E-state index contributed by atoms with van der Waals surface area (Å²) in [6.45, 7) is 6.26. The summed E-state index contributed by atoms with van der Waals surface area (Å²) in [5.41, 5.74) is -0.301. The Morgan fingerprint density at radius 1 is 1.38 bits per heavy atom. The molecule has 1 aromatic rings. The lowest BCUT2D eigenvalue weighted by Crippen LogP contribution is -2.45. The van der Waals surface area contributed by atoms with E-state index in [2.05, 4.69) is 15.3 Å². The van der Waals surface area contributed by atoms with E-state index in [0.717, 1.165) is 23.8 Å². The summed E-state index contributed by atoms with van der Waals surface area (Å²) in [7, 11) is 0. The van der Waals surface area contributed by atoms with Crippen molar-refractivity contribution in [2.24, 2.45) is 5.41 Å². The molecule has 1 aliphatic rings. The van der Waals surface area contributed by atoms with Crippen molar-refractivity contribution in [3.63, 3.8) is 0 Å². The minimum absolute atomic E-state index is 0.154. The minimum atomic E-state index is -0.455. The van der Waals surface area contributed by atoms with Crippen molar-refractivity contribution in [1.29, 1.82) is 0 Å². The number of nitrogens with one attached hydrogen (secondary N) is 1. The minimum Gasteiger partial charge on any atom is -0.444 e. The molecule has 0 atom stereocenters. The van der Waals surface area contributed by atoms with E-state index in [-0.39, 0.29) is 11.5 Å². The molecule has 5 nitrogen and oxygen atoms in total. The molecule has 0 aliphatic heterocycles. The molecule has 0 spiro atoms. The molecule has 1 aromatic heterocycles. The maximum Gasteiger partial charge on any atom is 0.407 e. The van der Waals surface area contributed by atoms with Gasteiger partial charge in [-0.25, -0.2) is 14.8 Å². The van der Waals surface area contributed by atoms with Gasteiger partial charge in [-0.05, 0) is 45.1 Å². The van der Waals surface area contributed by atoms with Crippen LogP contribution in [0.15, 0.2) is 23.6 Å². The Balaban J connectivity index is 1.80. The topological polar surface area (TPSA) is 64.1 Å². The van der Waals surface area contributed by atoms with Crippen LogP contribution in [0.5, 0.6) is 0 Å². The SMILES string of the molecule is CC(C)(C)OC(=O)NCC1(CSc2ncccn2)CCC1. The average Bonchev–Trinajstić information content (AvgIpc) is 2.36. The second-order valence-electron chi connectivity index (χ2n) is 6.53. The molecule has 1 aliphatic carbocycles. The van der Waals surface area contributed by atoms with E-state index in [1.807, 2.05) is 26.8 Å². The van der Waals surface area contributed by atoms with Crippen LogP contribution < -0.4 is 5.32 Å². The van der Waals surface area contributed by atoms with E-state index in [1.165, 1.54) is 6.42 Å². The number of carbonyl (C=O) groups excluding carboxylic acids is 1. The van der Waals surface area contributed by atoms with Crippen LogP contribution in [0.1, 0.15) is 40.0 Å². The lowest BCUT2D eigenvalue weighted by Gasteiger charge is -2.41. The molecule has 0 unspecified atom stereocenters. The summed E-state index contributed by atoms with van der Waals surface area (Å²) in [5, 5.41) is 3.70. The van der Waals surface area contributed by atoms with Gasteiger partial charge in [-0.1, -0.05) is 18.2 Å². The predicted octanol–water partition coefficient (Wildman–Crippen LogP) is 3.26. The Morgan fingerprint density at radius 2 is 2.05 bits per heavy atom. The van der Waals surface area contributed by atoms with Crippen LogP contribution in [0.2, 0.25) is 0 Å². The van der Waals surface area contributed by atoms with Gasteiger partial charge in [0.25, 0.3) is 0 Å². The van der Waals surface area contributed by atoms with E-state index < -0.39 is 5.60 Å². The van der Waals surface area contributed by atoms with Crippen LogP contribution in [0, 0.1) is 5.41 Å². The lowest BCUT2D eigenvalue weighted by molar-refractivity contribution is 0.0473. The van der Waals surface area contributed by atoms with Gasteiger partial charge < -0.3 is 10.1 Å². The zero-order valence-electron chi connectivity index (χ0n) is 12.9. The fourth-order valence-electron chi connectivity index (χ4n) is 2.20. The third-order valence-corrected chi connectivity index (χ3v) is 4.70. The van der Waals surface area contributed by atoms with E-state index >= 15 is 0 Å². The number of hydrogen-bond acceptors (Lipinski definition) is 5. The summed E-state index contributed by atoms with van der Waals surface area (Å²) < 4.78 is 5.28. The number of thioether (sulfide) groups is 1. The number of nitrogens with zero attached hydrogens (tertiary/aromatic N) is 2. The molecule has 116 valence electrons. The van der Waals surface area contributed by atoms with Gasteiger partial charge in [0.1, 0.15) is 5.60 Å². The van der Waals surface area contributed by atoms with E-state index in [0.29, 0.717) is 6.54 Å².